The lowest BCUT2D eigenvalue weighted by Gasteiger charge is -2.03. The second-order valence-corrected chi connectivity index (χ2v) is 7.10. The van der Waals surface area contributed by atoms with E-state index in [4.69, 9.17) is 10.7 Å². The largest absolute Gasteiger partial charge is 0.262 e. The topological polar surface area (TPSA) is 47.0 Å². The number of pyridine rings is 1. The molecular weight excluding hydrogens is 242 g/mol. The highest BCUT2D eigenvalue weighted by Crippen LogP contribution is 2.22. The highest BCUT2D eigenvalue weighted by Gasteiger charge is 2.10. The summed E-state index contributed by atoms with van der Waals surface area (Å²) < 4.78 is 21.8. The summed E-state index contributed by atoms with van der Waals surface area (Å²) in [5, 5.41) is 1.21. The summed E-state index contributed by atoms with van der Waals surface area (Å²) in [6.07, 6.45) is 1.27. The van der Waals surface area contributed by atoms with Crippen LogP contribution in [0.3, 0.4) is 0 Å². The van der Waals surface area contributed by atoms with E-state index in [1.807, 2.05) is 13.8 Å². The Kier molecular flexibility index (Phi) is 3.80. The molecule has 0 unspecified atom stereocenters. The van der Waals surface area contributed by atoms with Gasteiger partial charge in [0.05, 0.1) is 5.03 Å². The number of aromatic nitrogens is 1. The Labute approximate surface area is 92.3 Å². The van der Waals surface area contributed by atoms with E-state index in [-0.39, 0.29) is 4.90 Å². The number of halogens is 1. The van der Waals surface area contributed by atoms with Gasteiger partial charge in [0.25, 0.3) is 9.05 Å². The third-order valence-corrected chi connectivity index (χ3v) is 3.64. The molecule has 0 radical (unpaired) electrons. The lowest BCUT2D eigenvalue weighted by Crippen LogP contribution is -1.93. The summed E-state index contributed by atoms with van der Waals surface area (Å²) in [6, 6.07) is 3.11. The predicted molar refractivity (Wildman–Crippen MR) is 58.3 cm³/mol. The Hall–Kier alpha value is -0.260. The van der Waals surface area contributed by atoms with Crippen molar-refractivity contribution in [1.82, 2.24) is 4.98 Å². The summed E-state index contributed by atoms with van der Waals surface area (Å²) >= 11 is 1.57. The predicted octanol–water partition coefficient (Wildman–Crippen LogP) is 2.51. The SMILES string of the molecule is CC(C)Sc1ccc(S(=O)(=O)Cl)cn1. The van der Waals surface area contributed by atoms with Crippen LogP contribution in [0.5, 0.6) is 0 Å². The van der Waals surface area contributed by atoms with Crippen molar-refractivity contribution in [3.63, 3.8) is 0 Å². The van der Waals surface area contributed by atoms with Gasteiger partial charge in [-0.05, 0) is 12.1 Å². The molecule has 1 aromatic heterocycles. The Morgan fingerprint density at radius 2 is 2.07 bits per heavy atom. The van der Waals surface area contributed by atoms with E-state index in [0.29, 0.717) is 5.25 Å². The molecule has 14 heavy (non-hydrogen) atoms. The Bertz CT molecular complexity index is 400. The molecule has 1 aromatic rings. The zero-order valence-corrected chi connectivity index (χ0v) is 10.2. The van der Waals surface area contributed by atoms with Gasteiger partial charge in [0.2, 0.25) is 0 Å². The minimum absolute atomic E-state index is 0.0345. The average Bonchev–Trinajstić information content (AvgIpc) is 2.02. The fourth-order valence-electron chi connectivity index (χ4n) is 0.822. The number of nitrogens with zero attached hydrogens (tertiary/aromatic N) is 1. The van der Waals surface area contributed by atoms with E-state index >= 15 is 0 Å². The second-order valence-electron chi connectivity index (χ2n) is 2.94. The molecule has 0 amide bonds. The quantitative estimate of drug-likeness (QED) is 0.612. The van der Waals surface area contributed by atoms with Crippen molar-refractivity contribution in [3.05, 3.63) is 18.3 Å². The van der Waals surface area contributed by atoms with Crippen molar-refractivity contribution in [3.8, 4) is 0 Å². The molecule has 1 heterocycles. The first kappa shape index (κ1) is 11.8. The molecule has 6 heteroatoms. The van der Waals surface area contributed by atoms with Crippen molar-refractivity contribution in [2.75, 3.05) is 0 Å². The van der Waals surface area contributed by atoms with Gasteiger partial charge in [-0.15, -0.1) is 11.8 Å². The average molecular weight is 252 g/mol. The maximum absolute atomic E-state index is 10.9. The molecule has 0 N–H and O–H groups in total. The van der Waals surface area contributed by atoms with Crippen molar-refractivity contribution in [2.24, 2.45) is 0 Å². The van der Waals surface area contributed by atoms with Gasteiger partial charge < -0.3 is 0 Å². The highest BCUT2D eigenvalue weighted by molar-refractivity contribution is 8.13. The van der Waals surface area contributed by atoms with E-state index < -0.39 is 9.05 Å². The Morgan fingerprint density at radius 3 is 2.43 bits per heavy atom. The van der Waals surface area contributed by atoms with Crippen LogP contribution in [0.1, 0.15) is 13.8 Å². The van der Waals surface area contributed by atoms with Gasteiger partial charge in [-0.2, -0.15) is 0 Å². The van der Waals surface area contributed by atoms with Gasteiger partial charge in [0, 0.05) is 22.1 Å². The van der Waals surface area contributed by atoms with Crippen LogP contribution in [0.2, 0.25) is 0 Å². The first-order chi connectivity index (χ1) is 6.39. The smallest absolute Gasteiger partial charge is 0.249 e. The van der Waals surface area contributed by atoms with Crippen LogP contribution >= 0.6 is 22.4 Å². The van der Waals surface area contributed by atoms with Crippen molar-refractivity contribution in [1.29, 1.82) is 0 Å². The van der Waals surface area contributed by atoms with E-state index in [2.05, 4.69) is 4.98 Å². The molecule has 1 rings (SSSR count). The van der Waals surface area contributed by atoms with Crippen LogP contribution < -0.4 is 0 Å². The molecule has 0 atom stereocenters. The molecule has 0 fully saturated rings. The third kappa shape index (κ3) is 3.48. The molecule has 78 valence electrons. The van der Waals surface area contributed by atoms with Crippen molar-refractivity contribution in [2.45, 2.75) is 29.0 Å². The van der Waals surface area contributed by atoms with E-state index in [9.17, 15) is 8.42 Å². The number of hydrogen-bond acceptors (Lipinski definition) is 4. The fraction of sp³-hybridized carbons (Fsp3) is 0.375. The van der Waals surface area contributed by atoms with E-state index in [1.165, 1.54) is 12.3 Å². The van der Waals surface area contributed by atoms with E-state index in [1.54, 1.807) is 17.8 Å². The Balaban J connectivity index is 2.90. The lowest BCUT2D eigenvalue weighted by molar-refractivity contribution is 0.609. The van der Waals surface area contributed by atoms with Gasteiger partial charge in [0.1, 0.15) is 4.90 Å². The molecule has 0 aliphatic heterocycles. The molecule has 0 aliphatic rings. The van der Waals surface area contributed by atoms with Crippen molar-refractivity contribution < 1.29 is 8.42 Å². The third-order valence-electron chi connectivity index (χ3n) is 1.35. The highest BCUT2D eigenvalue weighted by atomic mass is 35.7. The fourth-order valence-corrected chi connectivity index (χ4v) is 2.25. The van der Waals surface area contributed by atoms with Crippen LogP contribution in [0.15, 0.2) is 28.3 Å². The minimum Gasteiger partial charge on any atom is -0.249 e. The van der Waals surface area contributed by atoms with Gasteiger partial charge in [0.15, 0.2) is 0 Å². The molecule has 0 bridgehead atoms. The summed E-state index contributed by atoms with van der Waals surface area (Å²) in [7, 11) is 1.49. The molecule has 0 aliphatic carbocycles. The van der Waals surface area contributed by atoms with Gasteiger partial charge >= 0.3 is 0 Å². The molecular formula is C8H10ClNO2S2. The van der Waals surface area contributed by atoms with Crippen LogP contribution in [-0.4, -0.2) is 18.7 Å². The van der Waals surface area contributed by atoms with E-state index in [0.717, 1.165) is 5.03 Å². The first-order valence-electron chi connectivity index (χ1n) is 3.97. The zero-order chi connectivity index (χ0) is 10.8. The maximum Gasteiger partial charge on any atom is 0.262 e. The van der Waals surface area contributed by atoms with Gasteiger partial charge in [-0.25, -0.2) is 13.4 Å². The normalized spacial score (nSPS) is 12.0. The van der Waals surface area contributed by atoms with Crippen LogP contribution in [0.25, 0.3) is 0 Å². The molecule has 3 nitrogen and oxygen atoms in total. The molecule has 0 aromatic carbocycles. The monoisotopic (exact) mass is 251 g/mol. The number of thioether (sulfide) groups is 1. The summed E-state index contributed by atoms with van der Waals surface area (Å²) in [5.74, 6) is 0. The minimum atomic E-state index is -3.65. The second kappa shape index (κ2) is 4.51. The standard InChI is InChI=1S/C8H10ClNO2S2/c1-6(2)13-8-4-3-7(5-10-8)14(9,11)12/h3-6H,1-2H3. The lowest BCUT2D eigenvalue weighted by atomic mass is 10.5. The maximum atomic E-state index is 10.9. The van der Waals surface area contributed by atoms with Crippen LogP contribution in [-0.2, 0) is 9.05 Å². The van der Waals surface area contributed by atoms with Gasteiger partial charge in [-0.1, -0.05) is 13.8 Å². The summed E-state index contributed by atoms with van der Waals surface area (Å²) in [4.78, 5) is 4.02. The molecule has 0 saturated heterocycles. The van der Waals surface area contributed by atoms with Crippen LogP contribution in [0.4, 0.5) is 0 Å². The first-order valence-corrected chi connectivity index (χ1v) is 7.16. The Morgan fingerprint density at radius 1 is 1.43 bits per heavy atom. The summed E-state index contributed by atoms with van der Waals surface area (Å²) in [5.41, 5.74) is 0. The number of rotatable bonds is 3. The van der Waals surface area contributed by atoms with Crippen LogP contribution in [0, 0.1) is 0 Å². The zero-order valence-electron chi connectivity index (χ0n) is 7.77. The van der Waals surface area contributed by atoms with Crippen molar-refractivity contribution >= 4 is 31.5 Å². The molecule has 0 saturated carbocycles. The summed E-state index contributed by atoms with van der Waals surface area (Å²) in [6.45, 7) is 4.08. The molecule has 0 spiro atoms. The van der Waals surface area contributed by atoms with Gasteiger partial charge in [-0.3, -0.25) is 0 Å². The number of hydrogen-bond donors (Lipinski definition) is 0.